The van der Waals surface area contributed by atoms with Crippen molar-refractivity contribution in [3.8, 4) is 0 Å². The zero-order valence-electron chi connectivity index (χ0n) is 17.6. The number of hydrogen-bond acceptors (Lipinski definition) is 5. The molecule has 0 saturated carbocycles. The Morgan fingerprint density at radius 2 is 1.00 bits per heavy atom. The number of unbranched alkanes of at least 4 members (excludes halogenated alkanes) is 2. The summed E-state index contributed by atoms with van der Waals surface area (Å²) in [5, 5.41) is 0. The molecule has 0 unspecified atom stereocenters. The van der Waals surface area contributed by atoms with Crippen molar-refractivity contribution in [3.63, 3.8) is 0 Å². The summed E-state index contributed by atoms with van der Waals surface area (Å²) >= 11 is 0. The predicted octanol–water partition coefficient (Wildman–Crippen LogP) is 4.85. The van der Waals surface area contributed by atoms with Crippen molar-refractivity contribution in [2.75, 3.05) is 14.2 Å². The highest BCUT2D eigenvalue weighted by atomic mass is 16.5. The third-order valence-corrected chi connectivity index (χ3v) is 4.82. The lowest BCUT2D eigenvalue weighted by Gasteiger charge is -2.23. The average Bonchev–Trinajstić information content (AvgIpc) is 2.54. The maximum absolute atomic E-state index is 12.0. The summed E-state index contributed by atoms with van der Waals surface area (Å²) < 4.78 is 9.44. The Morgan fingerprint density at radius 1 is 0.654 bits per heavy atom. The molecule has 0 fully saturated rings. The molecule has 0 saturated heterocycles. The molecule has 0 radical (unpaired) electrons. The standard InChI is InChI=1S/C21H38O5/c1-20(2,15-18(23)25-5)13-9-7-11-17(22)12-8-10-14-21(3,4)16-19(24)26-6/h7-16H2,1-6H3. The van der Waals surface area contributed by atoms with Crippen molar-refractivity contribution in [3.05, 3.63) is 0 Å². The number of carbonyl (C=O) groups excluding carboxylic acids is 3. The highest BCUT2D eigenvalue weighted by Gasteiger charge is 2.23. The van der Waals surface area contributed by atoms with Crippen LogP contribution in [0, 0.1) is 10.8 Å². The van der Waals surface area contributed by atoms with E-state index in [4.69, 9.17) is 9.47 Å². The monoisotopic (exact) mass is 370 g/mol. The van der Waals surface area contributed by atoms with Gasteiger partial charge in [-0.05, 0) is 36.5 Å². The van der Waals surface area contributed by atoms with Crippen LogP contribution in [-0.2, 0) is 23.9 Å². The van der Waals surface area contributed by atoms with Gasteiger partial charge >= 0.3 is 11.9 Å². The highest BCUT2D eigenvalue weighted by Crippen LogP contribution is 2.29. The van der Waals surface area contributed by atoms with E-state index in [1.165, 1.54) is 14.2 Å². The van der Waals surface area contributed by atoms with E-state index in [1.54, 1.807) is 0 Å². The van der Waals surface area contributed by atoms with Crippen LogP contribution in [0.1, 0.15) is 91.9 Å². The van der Waals surface area contributed by atoms with Crippen LogP contribution in [-0.4, -0.2) is 31.9 Å². The van der Waals surface area contributed by atoms with E-state index in [1.807, 2.05) is 0 Å². The van der Waals surface area contributed by atoms with Gasteiger partial charge in [-0.1, -0.05) is 40.5 Å². The summed E-state index contributed by atoms with van der Waals surface area (Å²) in [6.45, 7) is 8.23. The minimum Gasteiger partial charge on any atom is -0.469 e. The first-order valence-electron chi connectivity index (χ1n) is 9.67. The number of ether oxygens (including phenoxy) is 2. The van der Waals surface area contributed by atoms with E-state index in [-0.39, 0.29) is 22.8 Å². The summed E-state index contributed by atoms with van der Waals surface area (Å²) in [6, 6.07) is 0. The largest absolute Gasteiger partial charge is 0.469 e. The summed E-state index contributed by atoms with van der Waals surface area (Å²) in [5.41, 5.74) is -0.164. The first-order chi connectivity index (χ1) is 12.0. The molecular weight excluding hydrogens is 332 g/mol. The van der Waals surface area contributed by atoms with E-state index in [9.17, 15) is 14.4 Å². The molecule has 0 heterocycles. The van der Waals surface area contributed by atoms with Crippen molar-refractivity contribution >= 4 is 17.7 Å². The molecule has 0 spiro atoms. The van der Waals surface area contributed by atoms with E-state index in [2.05, 4.69) is 27.7 Å². The lowest BCUT2D eigenvalue weighted by Crippen LogP contribution is -2.18. The van der Waals surface area contributed by atoms with E-state index < -0.39 is 0 Å². The van der Waals surface area contributed by atoms with Crippen LogP contribution in [0.5, 0.6) is 0 Å². The third kappa shape index (κ3) is 12.9. The second-order valence-corrected chi connectivity index (χ2v) is 8.79. The number of Topliss-reactive ketones (excluding diaryl/α,β-unsaturated/α-hetero) is 1. The molecule has 0 amide bonds. The number of ketones is 1. The first-order valence-corrected chi connectivity index (χ1v) is 9.67. The van der Waals surface area contributed by atoms with Gasteiger partial charge in [0.15, 0.2) is 0 Å². The molecular formula is C21H38O5. The lowest BCUT2D eigenvalue weighted by atomic mass is 9.83. The van der Waals surface area contributed by atoms with Crippen molar-refractivity contribution < 1.29 is 23.9 Å². The van der Waals surface area contributed by atoms with Gasteiger partial charge in [-0.2, -0.15) is 0 Å². The summed E-state index contributed by atoms with van der Waals surface area (Å²) in [4.78, 5) is 34.7. The van der Waals surface area contributed by atoms with E-state index in [0.717, 1.165) is 38.5 Å². The molecule has 0 aromatic rings. The SMILES string of the molecule is COC(=O)CC(C)(C)CCCCC(=O)CCCCC(C)(C)CC(=O)OC. The quantitative estimate of drug-likeness (QED) is 0.323. The zero-order chi connectivity index (χ0) is 20.2. The van der Waals surface area contributed by atoms with Gasteiger partial charge in [-0.15, -0.1) is 0 Å². The number of esters is 2. The highest BCUT2D eigenvalue weighted by molar-refractivity contribution is 5.78. The second-order valence-electron chi connectivity index (χ2n) is 8.79. The molecule has 0 N–H and O–H groups in total. The van der Waals surface area contributed by atoms with Crippen LogP contribution >= 0.6 is 0 Å². The summed E-state index contributed by atoms with van der Waals surface area (Å²) in [6.07, 6.45) is 7.52. The van der Waals surface area contributed by atoms with Gasteiger partial charge in [-0.25, -0.2) is 0 Å². The minimum absolute atomic E-state index is 0.0820. The second kappa shape index (κ2) is 12.1. The van der Waals surface area contributed by atoms with Crippen molar-refractivity contribution in [2.45, 2.75) is 91.9 Å². The molecule has 0 atom stereocenters. The van der Waals surface area contributed by atoms with Gasteiger partial charge < -0.3 is 9.47 Å². The Morgan fingerprint density at radius 3 is 1.31 bits per heavy atom. The molecule has 0 aliphatic carbocycles. The zero-order valence-corrected chi connectivity index (χ0v) is 17.6. The van der Waals surface area contributed by atoms with Gasteiger partial charge in [0, 0.05) is 12.8 Å². The fourth-order valence-electron chi connectivity index (χ4n) is 3.08. The molecule has 0 aromatic carbocycles. The van der Waals surface area contributed by atoms with E-state index in [0.29, 0.717) is 31.5 Å². The van der Waals surface area contributed by atoms with Crippen LogP contribution < -0.4 is 0 Å². The third-order valence-electron chi connectivity index (χ3n) is 4.82. The van der Waals surface area contributed by atoms with Crippen LogP contribution in [0.3, 0.4) is 0 Å². The molecule has 0 rings (SSSR count). The Hall–Kier alpha value is -1.39. The number of methoxy groups -OCH3 is 2. The molecule has 5 nitrogen and oxygen atoms in total. The van der Waals surface area contributed by atoms with Gasteiger partial charge in [0.1, 0.15) is 5.78 Å². The van der Waals surface area contributed by atoms with Crippen LogP contribution in [0.15, 0.2) is 0 Å². The first kappa shape index (κ1) is 24.6. The molecule has 0 aliphatic rings. The summed E-state index contributed by atoms with van der Waals surface area (Å²) in [7, 11) is 2.82. The normalized spacial score (nSPS) is 11.9. The Kier molecular flexibility index (Phi) is 11.4. The molecule has 0 bridgehead atoms. The molecule has 5 heteroatoms. The van der Waals surface area contributed by atoms with Crippen molar-refractivity contribution in [1.82, 2.24) is 0 Å². The van der Waals surface area contributed by atoms with Crippen molar-refractivity contribution in [1.29, 1.82) is 0 Å². The number of carbonyl (C=O) groups is 3. The number of rotatable bonds is 14. The molecule has 0 aromatic heterocycles. The van der Waals surface area contributed by atoms with Gasteiger partial charge in [0.25, 0.3) is 0 Å². The van der Waals surface area contributed by atoms with Crippen LogP contribution in [0.4, 0.5) is 0 Å². The molecule has 0 aliphatic heterocycles. The van der Waals surface area contributed by atoms with Crippen molar-refractivity contribution in [2.24, 2.45) is 10.8 Å². The fourth-order valence-corrected chi connectivity index (χ4v) is 3.08. The summed E-state index contributed by atoms with van der Waals surface area (Å²) in [5.74, 6) is -0.0519. The fraction of sp³-hybridized carbons (Fsp3) is 0.857. The molecule has 152 valence electrons. The molecule has 26 heavy (non-hydrogen) atoms. The maximum Gasteiger partial charge on any atom is 0.306 e. The Balaban J connectivity index is 3.84. The minimum atomic E-state index is -0.179. The average molecular weight is 371 g/mol. The van der Waals surface area contributed by atoms with Crippen LogP contribution in [0.2, 0.25) is 0 Å². The maximum atomic E-state index is 12.0. The van der Waals surface area contributed by atoms with Crippen LogP contribution in [0.25, 0.3) is 0 Å². The predicted molar refractivity (Wildman–Crippen MR) is 103 cm³/mol. The van der Waals surface area contributed by atoms with Gasteiger partial charge in [-0.3, -0.25) is 14.4 Å². The Labute approximate surface area is 159 Å². The van der Waals surface area contributed by atoms with Gasteiger partial charge in [0.05, 0.1) is 27.1 Å². The lowest BCUT2D eigenvalue weighted by molar-refractivity contribution is -0.144. The topological polar surface area (TPSA) is 69.7 Å². The smallest absolute Gasteiger partial charge is 0.306 e. The van der Waals surface area contributed by atoms with Gasteiger partial charge in [0.2, 0.25) is 0 Å². The Bertz CT molecular complexity index is 411. The number of hydrogen-bond donors (Lipinski definition) is 0. The van der Waals surface area contributed by atoms with E-state index >= 15 is 0 Å².